The molecule has 13 nitrogen and oxygen atoms in total. The number of aliphatic carboxylic acids is 2. The van der Waals surface area contributed by atoms with Gasteiger partial charge in [0, 0.05) is 12.8 Å². The molecular formula is C21H35N3O10. The summed E-state index contributed by atoms with van der Waals surface area (Å²) in [4.78, 5) is 71.7. The molecule has 0 spiro atoms. The predicted molar refractivity (Wildman–Crippen MR) is 118 cm³/mol. The topological polar surface area (TPSA) is 197 Å². The lowest BCUT2D eigenvalue weighted by Gasteiger charge is -2.26. The van der Waals surface area contributed by atoms with Gasteiger partial charge in [-0.15, -0.1) is 0 Å². The number of hydrogen-bond donors (Lipinski definition) is 5. The van der Waals surface area contributed by atoms with Crippen LogP contribution >= 0.6 is 0 Å². The first-order valence-electron chi connectivity index (χ1n) is 10.7. The number of carbonyl (C=O) groups excluding carboxylic acids is 4. The minimum absolute atomic E-state index is 0.315. The fraction of sp³-hybridized carbons (Fsp3) is 0.714. The number of carboxylic acids is 2. The third kappa shape index (κ3) is 12.6. The number of carbonyl (C=O) groups is 6. The van der Waals surface area contributed by atoms with E-state index in [9.17, 15) is 28.8 Å². The number of carboxylic acid groups (broad SMARTS) is 2. The van der Waals surface area contributed by atoms with Crippen molar-refractivity contribution in [2.24, 2.45) is 5.92 Å². The summed E-state index contributed by atoms with van der Waals surface area (Å²) < 4.78 is 9.75. The van der Waals surface area contributed by atoms with Crippen molar-refractivity contribution >= 4 is 35.8 Å². The lowest BCUT2D eigenvalue weighted by atomic mass is 10.0. The van der Waals surface area contributed by atoms with Gasteiger partial charge in [0.25, 0.3) is 0 Å². The number of nitrogens with one attached hydrogen (secondary N) is 3. The van der Waals surface area contributed by atoms with Crippen LogP contribution in [-0.2, 0) is 33.4 Å². The number of amides is 3. The summed E-state index contributed by atoms with van der Waals surface area (Å²) >= 11 is 0. The molecule has 0 aliphatic rings. The number of hydrogen-bond acceptors (Lipinski definition) is 8. The van der Waals surface area contributed by atoms with Gasteiger partial charge in [-0.3, -0.25) is 19.2 Å². The summed E-state index contributed by atoms with van der Waals surface area (Å²) in [6.45, 7) is 8.09. The molecule has 0 aliphatic carbocycles. The Labute approximate surface area is 197 Å². The van der Waals surface area contributed by atoms with Crippen molar-refractivity contribution in [1.29, 1.82) is 0 Å². The molecule has 0 heterocycles. The summed E-state index contributed by atoms with van der Waals surface area (Å²) in [7, 11) is 1.14. The van der Waals surface area contributed by atoms with Gasteiger partial charge in [0.15, 0.2) is 0 Å². The maximum absolute atomic E-state index is 12.8. The van der Waals surface area contributed by atoms with Gasteiger partial charge in [-0.25, -0.2) is 9.59 Å². The van der Waals surface area contributed by atoms with Crippen LogP contribution < -0.4 is 16.0 Å². The Morgan fingerprint density at radius 1 is 0.794 bits per heavy atom. The standard InChI is InChI=1S/C21H35N3O10/c1-11(2)16(19(31)33-6)24-18(30)12(7-9-14(25)26)22-17(29)13(8-10-15(27)28)23-20(32)34-21(3,4)5/h11-13,16H,7-10H2,1-6H3,(H,22,29)(H,23,32)(H,24,30)(H,25,26)(H,27,28). The normalized spacial score (nSPS) is 13.7. The molecule has 5 N–H and O–H groups in total. The molecule has 0 aliphatic heterocycles. The summed E-state index contributed by atoms with van der Waals surface area (Å²) in [5.41, 5.74) is -0.887. The van der Waals surface area contributed by atoms with Crippen molar-refractivity contribution in [2.45, 2.75) is 84.0 Å². The van der Waals surface area contributed by atoms with E-state index in [1.807, 2.05) is 0 Å². The maximum Gasteiger partial charge on any atom is 0.408 e. The SMILES string of the molecule is COC(=O)C(NC(=O)C(CCC(=O)O)NC(=O)C(CCC(=O)O)NC(=O)OC(C)(C)C)C(C)C. The molecule has 0 saturated carbocycles. The van der Waals surface area contributed by atoms with Crippen LogP contribution in [0.25, 0.3) is 0 Å². The van der Waals surface area contributed by atoms with E-state index < -0.39 is 72.4 Å². The van der Waals surface area contributed by atoms with Crippen LogP contribution in [0.15, 0.2) is 0 Å². The first kappa shape index (κ1) is 30.6. The van der Waals surface area contributed by atoms with Gasteiger partial charge in [0.05, 0.1) is 7.11 Å². The molecule has 34 heavy (non-hydrogen) atoms. The van der Waals surface area contributed by atoms with Crippen LogP contribution in [-0.4, -0.2) is 76.9 Å². The molecular weight excluding hydrogens is 454 g/mol. The number of rotatable bonds is 13. The fourth-order valence-corrected chi connectivity index (χ4v) is 2.67. The number of esters is 1. The molecule has 3 amide bonds. The average Bonchev–Trinajstić information content (AvgIpc) is 2.69. The first-order chi connectivity index (χ1) is 15.6. The van der Waals surface area contributed by atoms with Crippen LogP contribution in [0.1, 0.15) is 60.3 Å². The second kappa shape index (κ2) is 14.0. The van der Waals surface area contributed by atoms with Crippen LogP contribution in [0, 0.1) is 5.92 Å². The minimum atomic E-state index is -1.39. The summed E-state index contributed by atoms with van der Waals surface area (Å²) in [6.07, 6.45) is -2.57. The predicted octanol–water partition coefficient (Wildman–Crippen LogP) is 0.408. The van der Waals surface area contributed by atoms with Gasteiger partial charge in [0.2, 0.25) is 11.8 Å². The molecule has 0 rings (SSSR count). The Kier molecular flexibility index (Phi) is 12.6. The van der Waals surface area contributed by atoms with Gasteiger partial charge in [-0.05, 0) is 39.5 Å². The second-order valence-electron chi connectivity index (χ2n) is 8.88. The molecule has 0 aromatic carbocycles. The third-order valence-electron chi connectivity index (χ3n) is 4.35. The highest BCUT2D eigenvalue weighted by Gasteiger charge is 2.32. The number of alkyl carbamates (subject to hydrolysis) is 1. The van der Waals surface area contributed by atoms with E-state index in [1.54, 1.807) is 34.6 Å². The number of methoxy groups -OCH3 is 1. The van der Waals surface area contributed by atoms with Crippen LogP contribution in [0.2, 0.25) is 0 Å². The van der Waals surface area contributed by atoms with Crippen molar-refractivity contribution in [2.75, 3.05) is 7.11 Å². The molecule has 194 valence electrons. The Bertz CT molecular complexity index is 760. The quantitative estimate of drug-likeness (QED) is 0.226. The Hall–Kier alpha value is -3.38. The average molecular weight is 490 g/mol. The van der Waals surface area contributed by atoms with E-state index in [0.29, 0.717) is 0 Å². The smallest absolute Gasteiger partial charge is 0.408 e. The third-order valence-corrected chi connectivity index (χ3v) is 4.35. The number of ether oxygens (including phenoxy) is 2. The van der Waals surface area contributed by atoms with E-state index in [-0.39, 0.29) is 18.8 Å². The van der Waals surface area contributed by atoms with Gasteiger partial charge < -0.3 is 35.6 Å². The molecule has 0 radical (unpaired) electrons. The molecule has 13 heteroatoms. The lowest BCUT2D eigenvalue weighted by molar-refractivity contribution is -0.147. The van der Waals surface area contributed by atoms with Crippen molar-refractivity contribution in [1.82, 2.24) is 16.0 Å². The minimum Gasteiger partial charge on any atom is -0.481 e. The summed E-state index contributed by atoms with van der Waals surface area (Å²) in [6, 6.07) is -3.82. The van der Waals surface area contributed by atoms with Gasteiger partial charge in [-0.1, -0.05) is 13.8 Å². The van der Waals surface area contributed by atoms with Crippen molar-refractivity contribution in [3.63, 3.8) is 0 Å². The molecule has 0 aromatic heterocycles. The van der Waals surface area contributed by atoms with Gasteiger partial charge in [0.1, 0.15) is 23.7 Å². The van der Waals surface area contributed by atoms with Crippen molar-refractivity contribution < 1.29 is 48.5 Å². The lowest BCUT2D eigenvalue weighted by Crippen LogP contribution is -2.57. The van der Waals surface area contributed by atoms with Crippen molar-refractivity contribution in [3.8, 4) is 0 Å². The largest absolute Gasteiger partial charge is 0.481 e. The first-order valence-corrected chi connectivity index (χ1v) is 10.7. The highest BCUT2D eigenvalue weighted by atomic mass is 16.6. The van der Waals surface area contributed by atoms with E-state index in [4.69, 9.17) is 14.9 Å². The molecule has 0 fully saturated rings. The zero-order chi connectivity index (χ0) is 26.6. The molecule has 0 saturated heterocycles. The molecule has 0 aromatic rings. The summed E-state index contributed by atoms with van der Waals surface area (Å²) in [5.74, 6) is -5.30. The zero-order valence-electron chi connectivity index (χ0n) is 20.3. The highest BCUT2D eigenvalue weighted by molar-refractivity contribution is 5.93. The Morgan fingerprint density at radius 2 is 1.24 bits per heavy atom. The Morgan fingerprint density at radius 3 is 1.62 bits per heavy atom. The fourth-order valence-electron chi connectivity index (χ4n) is 2.67. The summed E-state index contributed by atoms with van der Waals surface area (Å²) in [5, 5.41) is 25.0. The van der Waals surface area contributed by atoms with Crippen molar-refractivity contribution in [3.05, 3.63) is 0 Å². The van der Waals surface area contributed by atoms with E-state index in [2.05, 4.69) is 20.7 Å². The van der Waals surface area contributed by atoms with E-state index in [1.165, 1.54) is 0 Å². The highest BCUT2D eigenvalue weighted by Crippen LogP contribution is 2.10. The van der Waals surface area contributed by atoms with E-state index >= 15 is 0 Å². The molecule has 3 atom stereocenters. The van der Waals surface area contributed by atoms with E-state index in [0.717, 1.165) is 7.11 Å². The monoisotopic (exact) mass is 489 g/mol. The molecule has 3 unspecified atom stereocenters. The molecule has 0 bridgehead atoms. The van der Waals surface area contributed by atoms with Crippen LogP contribution in [0.4, 0.5) is 4.79 Å². The van der Waals surface area contributed by atoms with Gasteiger partial charge >= 0.3 is 24.0 Å². The second-order valence-corrected chi connectivity index (χ2v) is 8.88. The maximum atomic E-state index is 12.8. The van der Waals surface area contributed by atoms with Crippen LogP contribution in [0.5, 0.6) is 0 Å². The van der Waals surface area contributed by atoms with Crippen LogP contribution in [0.3, 0.4) is 0 Å². The van der Waals surface area contributed by atoms with Gasteiger partial charge in [-0.2, -0.15) is 0 Å². The zero-order valence-corrected chi connectivity index (χ0v) is 20.3. The Balaban J connectivity index is 5.65.